The maximum Gasteiger partial charge on any atom is 0.307 e. The molecule has 0 saturated carbocycles. The van der Waals surface area contributed by atoms with E-state index >= 15 is 0 Å². The van der Waals surface area contributed by atoms with Gasteiger partial charge in [0, 0.05) is 52.9 Å². The fourth-order valence-corrected chi connectivity index (χ4v) is 8.35. The highest BCUT2D eigenvalue weighted by molar-refractivity contribution is 8.76. The second-order valence-electron chi connectivity index (χ2n) is 16.1. The van der Waals surface area contributed by atoms with Crippen LogP contribution in [0.15, 0.2) is 0 Å². The Morgan fingerprint density at radius 1 is 0.566 bits per heavy atom. The van der Waals surface area contributed by atoms with Crippen molar-refractivity contribution >= 4 is 33.5 Å². The van der Waals surface area contributed by atoms with Crippen molar-refractivity contribution < 1.29 is 63.5 Å². The normalized spacial score (nSPS) is 16.4. The molecule has 0 aromatic heterocycles. The Kier molecular flexibility index (Phi) is 44.6. The summed E-state index contributed by atoms with van der Waals surface area (Å²) in [4.78, 5) is 24.0. The van der Waals surface area contributed by atoms with Crippen LogP contribution < -0.4 is 5.32 Å². The quantitative estimate of drug-likeness (QED) is 0.0238. The van der Waals surface area contributed by atoms with Crippen LogP contribution in [0.4, 0.5) is 0 Å². The zero-order chi connectivity index (χ0) is 55.4. The van der Waals surface area contributed by atoms with Crippen molar-refractivity contribution in [2.75, 3.05) is 64.9 Å². The molecule has 0 aromatic rings. The number of amides is 1. The van der Waals surface area contributed by atoms with Gasteiger partial charge in [-0.1, -0.05) is 111 Å². The predicted octanol–water partition coefficient (Wildman–Crippen LogP) is 3.16. The molecule has 6 N–H and O–H groups in total. The number of aliphatic hydroxyl groups excluding tert-OH is 5. The summed E-state index contributed by atoms with van der Waals surface area (Å²) in [6, 6.07) is -1.23. The third-order valence-electron chi connectivity index (χ3n) is 10.2. The van der Waals surface area contributed by atoms with E-state index < -0.39 is 61.5 Å². The number of rotatable bonds is 34. The minimum absolute atomic E-state index is 0.181. The van der Waals surface area contributed by atoms with Gasteiger partial charge in [-0.05, 0) is 108 Å². The number of esters is 1. The van der Waals surface area contributed by atoms with E-state index in [-0.39, 0.29) is 31.2 Å². The zero-order valence-electron chi connectivity index (χ0n) is 43.7. The summed E-state index contributed by atoms with van der Waals surface area (Å²) in [7, 11) is 4.14. The molecule has 8 atom stereocenters. The summed E-state index contributed by atoms with van der Waals surface area (Å²) in [5.74, 6) is 59.3. The van der Waals surface area contributed by atoms with Gasteiger partial charge in [0.15, 0.2) is 6.29 Å². The van der Waals surface area contributed by atoms with E-state index in [1.807, 2.05) is 0 Å². The van der Waals surface area contributed by atoms with Crippen LogP contribution >= 0.6 is 21.6 Å². The highest BCUT2D eigenvalue weighted by atomic mass is 33.1. The molecule has 1 saturated heterocycles. The van der Waals surface area contributed by atoms with Gasteiger partial charge in [-0.25, -0.2) is 0 Å². The zero-order valence-corrected chi connectivity index (χ0v) is 45.3. The topological polar surface area (TPSA) is 203 Å². The molecule has 1 amide bonds. The first-order valence-electron chi connectivity index (χ1n) is 25.1. The average Bonchev–Trinajstić information content (AvgIpc) is 3.42. The number of aliphatic hydroxyl groups is 5. The monoisotopic (exact) mass is 1080 g/mol. The lowest BCUT2D eigenvalue weighted by Gasteiger charge is -2.40. The van der Waals surface area contributed by atoms with E-state index in [2.05, 4.69) is 159 Å². The van der Waals surface area contributed by atoms with E-state index in [0.29, 0.717) is 45.2 Å². The number of ether oxygens (including phenoxy) is 6. The van der Waals surface area contributed by atoms with Crippen LogP contribution in [-0.2, 0) is 38.0 Å². The van der Waals surface area contributed by atoms with Gasteiger partial charge in [0.25, 0.3) is 5.91 Å². The van der Waals surface area contributed by atoms with E-state index in [9.17, 15) is 35.1 Å². The van der Waals surface area contributed by atoms with Crippen LogP contribution in [0.2, 0.25) is 0 Å². The molecule has 1 aliphatic heterocycles. The fourth-order valence-electron chi connectivity index (χ4n) is 6.30. The van der Waals surface area contributed by atoms with E-state index in [1.165, 1.54) is 73.6 Å². The molecule has 2 unspecified atom stereocenters. The molecular formula is C60H69NO13S2. The first-order chi connectivity index (χ1) is 37.2. The fraction of sp³-hybridized carbons (Fsp3) is 0.567. The van der Waals surface area contributed by atoms with Crippen LogP contribution in [0.3, 0.4) is 0 Å². The van der Waals surface area contributed by atoms with Gasteiger partial charge in [0.2, 0.25) is 0 Å². The second kappa shape index (κ2) is 49.8. The van der Waals surface area contributed by atoms with Gasteiger partial charge < -0.3 is 59.3 Å². The van der Waals surface area contributed by atoms with E-state index in [4.69, 9.17) is 23.7 Å². The van der Waals surface area contributed by atoms with Crippen molar-refractivity contribution in [2.45, 2.75) is 153 Å². The number of carbonyl (C=O) groups is 2. The smallest absolute Gasteiger partial charge is 0.307 e. The van der Waals surface area contributed by atoms with Gasteiger partial charge in [-0.2, -0.15) is 0 Å². The summed E-state index contributed by atoms with van der Waals surface area (Å²) in [6.07, 6.45) is 4.17. The summed E-state index contributed by atoms with van der Waals surface area (Å²) < 4.78 is 32.6. The van der Waals surface area contributed by atoms with Crippen LogP contribution in [0.25, 0.3) is 0 Å². The minimum atomic E-state index is -1.67. The highest BCUT2D eigenvalue weighted by Gasteiger charge is 2.44. The van der Waals surface area contributed by atoms with E-state index in [0.717, 1.165) is 25.7 Å². The number of nitrogens with one attached hydrogen (secondary N) is 1. The maximum atomic E-state index is 13.0. The Balaban J connectivity index is 2.80. The molecule has 1 heterocycles. The highest BCUT2D eigenvalue weighted by Crippen LogP contribution is 2.29. The average molecular weight is 1080 g/mol. The maximum absolute atomic E-state index is 13.0. The Labute approximate surface area is 459 Å². The summed E-state index contributed by atoms with van der Waals surface area (Å²) in [6.45, 7) is 5.56. The van der Waals surface area contributed by atoms with Crippen molar-refractivity contribution in [1.82, 2.24) is 5.32 Å². The Morgan fingerprint density at radius 2 is 1.01 bits per heavy atom. The molecule has 16 heteroatoms. The van der Waals surface area contributed by atoms with Gasteiger partial charge in [0.1, 0.15) is 24.4 Å². The number of methoxy groups -OCH3 is 1. The third-order valence-corrected chi connectivity index (χ3v) is 12.6. The molecule has 14 nitrogen and oxygen atoms in total. The minimum Gasteiger partial charge on any atom is -0.469 e. The lowest BCUT2D eigenvalue weighted by Crippen LogP contribution is -2.60. The number of hydrogen-bond donors (Lipinski definition) is 6. The number of hydrogen-bond acceptors (Lipinski definition) is 15. The standard InChI is InChI=1S/C60H69NO13S2/c1-4-6-8-10-12-14-16-18-19-20-21-22-23-24-25-26-27-28-30-32-34-36-38-40-54(63)61-51(56(65)52(62)39-37-35-33-31-29-17-15-13-11-9-7-5-2)49-73-60-59(68)58(67)57(66)53(74-60)50-76-75-48-47-72-46-45-71-44-43-70-42-41-55(64)69-3/h51-53,56-60,62,65-68H,5,7,9,11,13,15,17,29,31,33,35,37,39,41-50H2,1-3H3,(H,61,63)/t51-,52+,53?,56-,57-,58-,59?,60-/m0/s1. The van der Waals surface area contributed by atoms with Crippen LogP contribution in [0.5, 0.6) is 0 Å². The lowest BCUT2D eigenvalue weighted by atomic mass is 9.98. The molecule has 0 aromatic carbocycles. The second-order valence-corrected chi connectivity index (χ2v) is 18.7. The SMILES string of the molecule is CC#CC#CC#CC#CC#CC#CC#CC#CC#CC#CC#CC#CC(=O)N[C@@H](CO[C@H]1OC(CSSCCOCCOCCOCCC(=O)OC)[C@H](O)[C@H](O)C1O)[C@H](O)[C@H](O)CCCCCCCCCCCCCC. The lowest BCUT2D eigenvalue weighted by molar-refractivity contribution is -0.294. The summed E-state index contributed by atoms with van der Waals surface area (Å²) in [5, 5.41) is 57.1. The van der Waals surface area contributed by atoms with Gasteiger partial charge in [-0.3, -0.25) is 9.59 Å². The molecule has 1 fully saturated rings. The molecule has 76 heavy (non-hydrogen) atoms. The largest absolute Gasteiger partial charge is 0.469 e. The van der Waals surface area contributed by atoms with Crippen molar-refractivity contribution in [1.29, 1.82) is 0 Å². The first-order valence-corrected chi connectivity index (χ1v) is 27.6. The van der Waals surface area contributed by atoms with Crippen molar-refractivity contribution in [3.05, 3.63) is 0 Å². The molecule has 0 aliphatic carbocycles. The Morgan fingerprint density at radius 3 is 1.50 bits per heavy atom. The molecule has 1 rings (SSSR count). The molecule has 0 bridgehead atoms. The van der Waals surface area contributed by atoms with Crippen LogP contribution in [0.1, 0.15) is 104 Å². The van der Waals surface area contributed by atoms with Gasteiger partial charge in [0.05, 0.1) is 78.0 Å². The van der Waals surface area contributed by atoms with Crippen LogP contribution in [0, 0.1) is 142 Å². The van der Waals surface area contributed by atoms with Gasteiger partial charge in [-0.15, -0.1) is 0 Å². The van der Waals surface area contributed by atoms with Crippen LogP contribution in [-0.4, -0.2) is 151 Å². The molecule has 404 valence electrons. The third kappa shape index (κ3) is 38.5. The van der Waals surface area contributed by atoms with Crippen molar-refractivity contribution in [3.63, 3.8) is 0 Å². The molecule has 0 radical (unpaired) electrons. The Bertz CT molecular complexity index is 2520. The molecule has 1 aliphatic rings. The number of unbranched alkanes of at least 4 members (excludes halogenated alkanes) is 11. The van der Waals surface area contributed by atoms with E-state index in [1.54, 1.807) is 6.92 Å². The molecule has 0 spiro atoms. The van der Waals surface area contributed by atoms with Crippen molar-refractivity contribution in [2.24, 2.45) is 0 Å². The molecular weight excluding hydrogens is 1010 g/mol. The summed E-state index contributed by atoms with van der Waals surface area (Å²) in [5.41, 5.74) is 0. The predicted molar refractivity (Wildman–Crippen MR) is 295 cm³/mol. The Hall–Kier alpha value is -6.04. The first kappa shape index (κ1) is 68.0. The van der Waals surface area contributed by atoms with Crippen molar-refractivity contribution in [3.8, 4) is 142 Å². The van der Waals surface area contributed by atoms with Gasteiger partial charge >= 0.3 is 5.97 Å². The summed E-state index contributed by atoms with van der Waals surface area (Å²) >= 11 is 0. The number of carbonyl (C=O) groups excluding carboxylic acids is 2.